The van der Waals surface area contributed by atoms with Crippen LogP contribution in [0.1, 0.15) is 32.0 Å². The van der Waals surface area contributed by atoms with Crippen LogP contribution in [0.15, 0.2) is 6.07 Å². The molecule has 0 unspecified atom stereocenters. The van der Waals surface area contributed by atoms with E-state index in [2.05, 4.69) is 15.5 Å². The minimum atomic E-state index is -0.470. The van der Waals surface area contributed by atoms with Gasteiger partial charge in [0.05, 0.1) is 12.2 Å². The third-order valence-corrected chi connectivity index (χ3v) is 4.16. The molecule has 0 aliphatic heterocycles. The van der Waals surface area contributed by atoms with Gasteiger partial charge in [0.15, 0.2) is 0 Å². The van der Waals surface area contributed by atoms with Crippen molar-refractivity contribution in [3.05, 3.63) is 26.0 Å². The first-order valence-electron chi connectivity index (χ1n) is 5.59. The first-order chi connectivity index (χ1) is 9.51. The lowest BCUT2D eigenvalue weighted by Crippen LogP contribution is -2.14. The van der Waals surface area contributed by atoms with Gasteiger partial charge in [0, 0.05) is 4.88 Å². The minimum absolute atomic E-state index is 0.135. The highest BCUT2D eigenvalue weighted by Crippen LogP contribution is 2.29. The molecule has 0 aromatic carbocycles. The average Bonchev–Trinajstić information content (AvgIpc) is 2.96. The van der Waals surface area contributed by atoms with Crippen LogP contribution < -0.4 is 5.32 Å². The van der Waals surface area contributed by atoms with Crippen molar-refractivity contribution in [2.75, 3.05) is 11.9 Å². The molecule has 0 saturated heterocycles. The van der Waals surface area contributed by atoms with E-state index >= 15 is 0 Å². The highest BCUT2D eigenvalue weighted by Gasteiger charge is 2.20. The predicted octanol–water partition coefficient (Wildman–Crippen LogP) is 2.99. The number of carbonyl (C=O) groups is 2. The molecule has 0 aliphatic rings. The topological polar surface area (TPSA) is 81.2 Å². The number of nitrogens with zero attached hydrogens (tertiary/aromatic N) is 2. The van der Waals surface area contributed by atoms with Gasteiger partial charge in [-0.2, -0.15) is 0 Å². The van der Waals surface area contributed by atoms with Crippen LogP contribution in [0.2, 0.25) is 4.47 Å². The summed E-state index contributed by atoms with van der Waals surface area (Å²) >= 11 is 7.88. The summed E-state index contributed by atoms with van der Waals surface area (Å²) in [6, 6.07) is 1.67. The van der Waals surface area contributed by atoms with E-state index in [9.17, 15) is 9.59 Å². The molecule has 0 saturated carbocycles. The zero-order valence-electron chi connectivity index (χ0n) is 10.6. The first-order valence-corrected chi connectivity index (χ1v) is 7.60. The van der Waals surface area contributed by atoms with Crippen LogP contribution in [0.25, 0.3) is 0 Å². The van der Waals surface area contributed by atoms with Crippen molar-refractivity contribution in [1.82, 2.24) is 10.2 Å². The molecular formula is C11H10ClN3O3S2. The number of anilines is 1. The van der Waals surface area contributed by atoms with Crippen LogP contribution in [0.5, 0.6) is 0 Å². The van der Waals surface area contributed by atoms with Gasteiger partial charge < -0.3 is 10.1 Å². The van der Waals surface area contributed by atoms with Crippen LogP contribution in [-0.4, -0.2) is 28.7 Å². The molecule has 6 nitrogen and oxygen atoms in total. The molecule has 0 fully saturated rings. The summed E-state index contributed by atoms with van der Waals surface area (Å²) in [6.45, 7) is 3.83. The first kappa shape index (κ1) is 14.9. The Bertz CT molecular complexity index is 653. The highest BCUT2D eigenvalue weighted by atomic mass is 35.5. The maximum absolute atomic E-state index is 12.0. The number of rotatable bonds is 4. The standard InChI is InChI=1S/C11H10ClN3O3S2/c1-3-18-10(17)6-4-5(2)19-8(6)13-7(16)9-14-15-11(12)20-9/h4H,3H2,1-2H3,(H,13,16). The highest BCUT2D eigenvalue weighted by molar-refractivity contribution is 7.18. The predicted molar refractivity (Wildman–Crippen MR) is 77.9 cm³/mol. The van der Waals surface area contributed by atoms with Crippen LogP contribution in [0, 0.1) is 6.92 Å². The van der Waals surface area contributed by atoms with Gasteiger partial charge in [-0.25, -0.2) is 4.79 Å². The third-order valence-electron chi connectivity index (χ3n) is 2.17. The Labute approximate surface area is 127 Å². The molecule has 0 radical (unpaired) electrons. The second-order valence-corrected chi connectivity index (χ2v) is 6.45. The fourth-order valence-corrected chi connectivity index (χ4v) is 3.04. The normalized spacial score (nSPS) is 10.3. The number of carbonyl (C=O) groups excluding carboxylic acids is 2. The zero-order chi connectivity index (χ0) is 14.7. The van der Waals surface area contributed by atoms with E-state index < -0.39 is 11.9 Å². The van der Waals surface area contributed by atoms with E-state index in [4.69, 9.17) is 16.3 Å². The number of hydrogen-bond acceptors (Lipinski definition) is 7. The Balaban J connectivity index is 2.21. The summed E-state index contributed by atoms with van der Waals surface area (Å²) < 4.78 is 5.13. The van der Waals surface area contributed by atoms with Crippen molar-refractivity contribution in [2.24, 2.45) is 0 Å². The van der Waals surface area contributed by atoms with Gasteiger partial charge in [0.2, 0.25) is 9.47 Å². The van der Waals surface area contributed by atoms with Crippen molar-refractivity contribution < 1.29 is 14.3 Å². The monoisotopic (exact) mass is 331 g/mol. The lowest BCUT2D eigenvalue weighted by atomic mass is 10.3. The van der Waals surface area contributed by atoms with Gasteiger partial charge in [-0.3, -0.25) is 4.79 Å². The third kappa shape index (κ3) is 3.33. The molecule has 1 N–H and O–H groups in total. The van der Waals surface area contributed by atoms with Gasteiger partial charge in [0.1, 0.15) is 5.00 Å². The second kappa shape index (κ2) is 6.29. The number of aromatic nitrogens is 2. The number of halogens is 1. The van der Waals surface area contributed by atoms with Crippen molar-refractivity contribution >= 4 is 51.2 Å². The van der Waals surface area contributed by atoms with Crippen molar-refractivity contribution in [3.8, 4) is 0 Å². The number of ether oxygens (including phenoxy) is 1. The van der Waals surface area contributed by atoms with E-state index in [0.29, 0.717) is 10.6 Å². The number of nitrogens with one attached hydrogen (secondary N) is 1. The zero-order valence-corrected chi connectivity index (χ0v) is 13.0. The molecule has 0 aliphatic carbocycles. The molecule has 106 valence electrons. The van der Waals surface area contributed by atoms with Gasteiger partial charge in [-0.05, 0) is 31.5 Å². The quantitative estimate of drug-likeness (QED) is 0.871. The number of thiophene rings is 1. The number of esters is 1. The fourth-order valence-electron chi connectivity index (χ4n) is 1.42. The summed E-state index contributed by atoms with van der Waals surface area (Å²) in [7, 11) is 0. The molecule has 0 atom stereocenters. The summed E-state index contributed by atoms with van der Waals surface area (Å²) in [5, 5.41) is 10.4. The van der Waals surface area contributed by atoms with E-state index in [1.165, 1.54) is 11.3 Å². The van der Waals surface area contributed by atoms with Crippen molar-refractivity contribution in [3.63, 3.8) is 0 Å². The van der Waals surface area contributed by atoms with E-state index in [1.54, 1.807) is 13.0 Å². The average molecular weight is 332 g/mol. The van der Waals surface area contributed by atoms with Gasteiger partial charge in [0.25, 0.3) is 5.91 Å². The Kier molecular flexibility index (Phi) is 4.69. The van der Waals surface area contributed by atoms with Crippen LogP contribution in [0.4, 0.5) is 5.00 Å². The van der Waals surface area contributed by atoms with Crippen molar-refractivity contribution in [1.29, 1.82) is 0 Å². The summed E-state index contributed by atoms with van der Waals surface area (Å²) in [4.78, 5) is 24.6. The molecule has 2 rings (SSSR count). The largest absolute Gasteiger partial charge is 0.462 e. The summed E-state index contributed by atoms with van der Waals surface area (Å²) in [5.41, 5.74) is 0.332. The summed E-state index contributed by atoms with van der Waals surface area (Å²) in [5.74, 6) is -0.927. The Hall–Kier alpha value is -1.51. The van der Waals surface area contributed by atoms with E-state index in [1.807, 2.05) is 6.92 Å². The SMILES string of the molecule is CCOC(=O)c1cc(C)sc1NC(=O)c1nnc(Cl)s1. The lowest BCUT2D eigenvalue weighted by molar-refractivity contribution is 0.0528. The number of aryl methyl sites for hydroxylation is 1. The van der Waals surface area contributed by atoms with Crippen LogP contribution in [-0.2, 0) is 4.74 Å². The molecule has 2 aromatic heterocycles. The molecule has 9 heteroatoms. The summed E-state index contributed by atoms with van der Waals surface area (Å²) in [6.07, 6.45) is 0. The van der Waals surface area contributed by atoms with E-state index in [-0.39, 0.29) is 16.1 Å². The molecule has 2 heterocycles. The van der Waals surface area contributed by atoms with Crippen molar-refractivity contribution in [2.45, 2.75) is 13.8 Å². The smallest absolute Gasteiger partial charge is 0.341 e. The van der Waals surface area contributed by atoms with Gasteiger partial charge in [-0.15, -0.1) is 21.5 Å². The Morgan fingerprint density at radius 1 is 1.40 bits per heavy atom. The lowest BCUT2D eigenvalue weighted by Gasteiger charge is -2.04. The minimum Gasteiger partial charge on any atom is -0.462 e. The molecular weight excluding hydrogens is 322 g/mol. The van der Waals surface area contributed by atoms with Gasteiger partial charge >= 0.3 is 5.97 Å². The Morgan fingerprint density at radius 3 is 2.75 bits per heavy atom. The second-order valence-electron chi connectivity index (χ2n) is 3.63. The number of amides is 1. The number of hydrogen-bond donors (Lipinski definition) is 1. The maximum atomic E-state index is 12.0. The van der Waals surface area contributed by atoms with Gasteiger partial charge in [-0.1, -0.05) is 11.3 Å². The van der Waals surface area contributed by atoms with Crippen LogP contribution >= 0.6 is 34.3 Å². The Morgan fingerprint density at radius 2 is 2.15 bits per heavy atom. The molecule has 20 heavy (non-hydrogen) atoms. The van der Waals surface area contributed by atoms with E-state index in [0.717, 1.165) is 16.2 Å². The maximum Gasteiger partial charge on any atom is 0.341 e. The molecule has 2 aromatic rings. The van der Waals surface area contributed by atoms with Crippen LogP contribution in [0.3, 0.4) is 0 Å². The fraction of sp³-hybridized carbons (Fsp3) is 0.273. The molecule has 1 amide bonds. The molecule has 0 bridgehead atoms. The molecule has 0 spiro atoms.